The van der Waals surface area contributed by atoms with Crippen LogP contribution in [0.4, 0.5) is 4.39 Å². The molecule has 0 aliphatic carbocycles. The fourth-order valence-electron chi connectivity index (χ4n) is 3.31. The molecule has 1 aromatic carbocycles. The Bertz CT molecular complexity index is 972. The third kappa shape index (κ3) is 2.28. The van der Waals surface area contributed by atoms with Crippen LogP contribution in [-0.2, 0) is 6.42 Å². The van der Waals surface area contributed by atoms with Crippen molar-refractivity contribution >= 4 is 11.2 Å². The largest absolute Gasteiger partial charge is 0.496 e. The molecule has 0 unspecified atom stereocenters. The summed E-state index contributed by atoms with van der Waals surface area (Å²) in [6, 6.07) is 11.0. The third-order valence-corrected chi connectivity index (χ3v) is 4.36. The van der Waals surface area contributed by atoms with Crippen molar-refractivity contribution in [3.63, 3.8) is 0 Å². The molecule has 0 radical (unpaired) electrons. The van der Waals surface area contributed by atoms with Crippen LogP contribution in [0.3, 0.4) is 0 Å². The Kier molecular flexibility index (Phi) is 3.20. The van der Waals surface area contributed by atoms with Crippen LogP contribution in [0.1, 0.15) is 30.5 Å². The Morgan fingerprint density at radius 3 is 2.83 bits per heavy atom. The summed E-state index contributed by atoms with van der Waals surface area (Å²) in [5, 5.41) is 4.21. The zero-order valence-corrected chi connectivity index (χ0v) is 13.9. The Hall–Kier alpha value is -2.69. The molecule has 0 fully saturated rings. The third-order valence-electron chi connectivity index (χ3n) is 4.36. The van der Waals surface area contributed by atoms with Crippen molar-refractivity contribution in [1.82, 2.24) is 9.61 Å². The van der Waals surface area contributed by atoms with Gasteiger partial charge in [0.25, 0.3) is 0 Å². The van der Waals surface area contributed by atoms with Gasteiger partial charge < -0.3 is 4.74 Å². The zero-order chi connectivity index (χ0) is 16.9. The minimum Gasteiger partial charge on any atom is -0.496 e. The van der Waals surface area contributed by atoms with Crippen LogP contribution in [0.2, 0.25) is 0 Å². The molecule has 0 atom stereocenters. The number of rotatable bonds is 2. The number of aliphatic imine (C=N–C) groups is 1. The van der Waals surface area contributed by atoms with Gasteiger partial charge in [0, 0.05) is 23.1 Å². The summed E-state index contributed by atoms with van der Waals surface area (Å²) in [6.07, 6.45) is 2.48. The van der Waals surface area contributed by atoms with Gasteiger partial charge in [-0.3, -0.25) is 4.99 Å². The molecule has 122 valence electrons. The van der Waals surface area contributed by atoms with Gasteiger partial charge in [0.05, 0.1) is 30.1 Å². The number of nitrogens with zero attached hydrogens (tertiary/aromatic N) is 3. The molecule has 5 heteroatoms. The van der Waals surface area contributed by atoms with Crippen LogP contribution in [0, 0.1) is 5.95 Å². The Morgan fingerprint density at radius 2 is 2.04 bits per heavy atom. The van der Waals surface area contributed by atoms with Gasteiger partial charge in [-0.15, -0.1) is 0 Å². The van der Waals surface area contributed by atoms with Crippen molar-refractivity contribution in [3.8, 4) is 5.75 Å². The van der Waals surface area contributed by atoms with E-state index in [4.69, 9.17) is 9.73 Å². The Balaban J connectivity index is 1.94. The van der Waals surface area contributed by atoms with Crippen LogP contribution in [0.15, 0.2) is 47.6 Å². The quantitative estimate of drug-likeness (QED) is 0.722. The number of ether oxygens (including phenoxy) is 1. The monoisotopic (exact) mass is 323 g/mol. The molecule has 0 bridgehead atoms. The second kappa shape index (κ2) is 5.16. The van der Waals surface area contributed by atoms with E-state index in [0.29, 0.717) is 5.52 Å². The Morgan fingerprint density at radius 1 is 1.21 bits per heavy atom. The van der Waals surface area contributed by atoms with Gasteiger partial charge in [-0.25, -0.2) is 4.52 Å². The predicted octanol–water partition coefficient (Wildman–Crippen LogP) is 3.65. The molecule has 0 amide bonds. The summed E-state index contributed by atoms with van der Waals surface area (Å²) in [5.74, 6) is 0.500. The summed E-state index contributed by atoms with van der Waals surface area (Å²) >= 11 is 0. The lowest BCUT2D eigenvalue weighted by Crippen LogP contribution is -2.30. The van der Waals surface area contributed by atoms with Gasteiger partial charge in [0.2, 0.25) is 5.95 Å². The fraction of sp³-hybridized carbons (Fsp3) is 0.263. The van der Waals surface area contributed by atoms with Crippen LogP contribution in [-0.4, -0.2) is 28.0 Å². The topological polar surface area (TPSA) is 38.9 Å². The first-order valence-electron chi connectivity index (χ1n) is 7.88. The maximum atomic E-state index is 13.6. The molecule has 0 saturated carbocycles. The maximum absolute atomic E-state index is 13.6. The van der Waals surface area contributed by atoms with Gasteiger partial charge >= 0.3 is 0 Å². The highest BCUT2D eigenvalue weighted by Gasteiger charge is 2.29. The molecule has 24 heavy (non-hydrogen) atoms. The van der Waals surface area contributed by atoms with Gasteiger partial charge in [0.15, 0.2) is 0 Å². The average Bonchev–Trinajstić information content (AvgIpc) is 2.93. The molecule has 1 aliphatic heterocycles. The van der Waals surface area contributed by atoms with E-state index in [1.165, 1.54) is 10.6 Å². The van der Waals surface area contributed by atoms with E-state index in [0.717, 1.165) is 34.6 Å². The number of benzene rings is 1. The normalized spacial score (nSPS) is 15.9. The number of hydrogen-bond acceptors (Lipinski definition) is 3. The van der Waals surface area contributed by atoms with Crippen molar-refractivity contribution in [2.75, 3.05) is 7.11 Å². The summed E-state index contributed by atoms with van der Waals surface area (Å²) in [7, 11) is 1.69. The van der Waals surface area contributed by atoms with Gasteiger partial charge in [0.1, 0.15) is 5.75 Å². The summed E-state index contributed by atoms with van der Waals surface area (Å²) in [4.78, 5) is 4.93. The van der Waals surface area contributed by atoms with E-state index in [1.807, 2.05) is 18.2 Å². The molecule has 4 nitrogen and oxygen atoms in total. The average molecular weight is 323 g/mol. The van der Waals surface area contributed by atoms with Crippen LogP contribution < -0.4 is 4.74 Å². The van der Waals surface area contributed by atoms with E-state index in [9.17, 15) is 4.39 Å². The number of halogens is 1. The SMILES string of the molecule is COc1cccc2c1CC(C)(C)N=C2c1cnn2c(F)ccc2c1. The molecule has 2 aromatic heterocycles. The van der Waals surface area contributed by atoms with E-state index >= 15 is 0 Å². The first-order valence-corrected chi connectivity index (χ1v) is 7.88. The highest BCUT2D eigenvalue weighted by molar-refractivity contribution is 6.15. The molecular weight excluding hydrogens is 305 g/mol. The minimum absolute atomic E-state index is 0.240. The van der Waals surface area contributed by atoms with Crippen molar-refractivity contribution in [1.29, 1.82) is 0 Å². The predicted molar refractivity (Wildman–Crippen MR) is 91.6 cm³/mol. The lowest BCUT2D eigenvalue weighted by molar-refractivity contribution is 0.401. The van der Waals surface area contributed by atoms with Crippen molar-refractivity contribution in [2.24, 2.45) is 4.99 Å². The second-order valence-electron chi connectivity index (χ2n) is 6.67. The zero-order valence-electron chi connectivity index (χ0n) is 13.9. The number of aromatic nitrogens is 2. The van der Waals surface area contributed by atoms with Crippen molar-refractivity contribution in [2.45, 2.75) is 25.8 Å². The number of hydrogen-bond donors (Lipinski definition) is 0. The lowest BCUT2D eigenvalue weighted by Gasteiger charge is -2.30. The molecule has 0 saturated heterocycles. The van der Waals surface area contributed by atoms with Crippen molar-refractivity contribution in [3.05, 3.63) is 65.2 Å². The molecule has 0 spiro atoms. The molecule has 4 rings (SSSR count). The van der Waals surface area contributed by atoms with Gasteiger partial charge in [-0.05, 0) is 38.1 Å². The van der Waals surface area contributed by atoms with Crippen LogP contribution in [0.25, 0.3) is 5.52 Å². The van der Waals surface area contributed by atoms with E-state index in [2.05, 4.69) is 25.0 Å². The molecular formula is C19H18FN3O. The number of fused-ring (bicyclic) bond motifs is 2. The van der Waals surface area contributed by atoms with Crippen LogP contribution >= 0.6 is 0 Å². The summed E-state index contributed by atoms with van der Waals surface area (Å²) in [5.41, 5.74) is 4.42. The molecule has 1 aliphatic rings. The Labute approximate surface area is 139 Å². The number of methoxy groups -OCH3 is 1. The van der Waals surface area contributed by atoms with Gasteiger partial charge in [-0.2, -0.15) is 9.49 Å². The molecule has 3 heterocycles. The highest BCUT2D eigenvalue weighted by atomic mass is 19.1. The smallest absolute Gasteiger partial charge is 0.214 e. The van der Waals surface area contributed by atoms with E-state index < -0.39 is 0 Å². The van der Waals surface area contributed by atoms with Gasteiger partial charge in [-0.1, -0.05) is 12.1 Å². The van der Waals surface area contributed by atoms with E-state index in [-0.39, 0.29) is 11.5 Å². The minimum atomic E-state index is -0.371. The summed E-state index contributed by atoms with van der Waals surface area (Å²) < 4.78 is 20.5. The first-order chi connectivity index (χ1) is 11.5. The second-order valence-corrected chi connectivity index (χ2v) is 6.67. The van der Waals surface area contributed by atoms with Crippen molar-refractivity contribution < 1.29 is 9.13 Å². The maximum Gasteiger partial charge on any atom is 0.214 e. The fourth-order valence-corrected chi connectivity index (χ4v) is 3.31. The molecule has 0 N–H and O–H groups in total. The standard InChI is InChI=1S/C19H18FN3O/c1-19(2)10-15-14(5-4-6-16(15)24-3)18(22-19)12-9-13-7-8-17(20)23(13)21-11-12/h4-9,11H,10H2,1-3H3. The first kappa shape index (κ1) is 14.9. The van der Waals surface area contributed by atoms with E-state index in [1.54, 1.807) is 19.4 Å². The lowest BCUT2D eigenvalue weighted by atomic mass is 9.84. The highest BCUT2D eigenvalue weighted by Crippen LogP contribution is 2.34. The molecule has 3 aromatic rings. The summed E-state index contributed by atoms with van der Waals surface area (Å²) in [6.45, 7) is 4.20. The van der Waals surface area contributed by atoms with Crippen LogP contribution in [0.5, 0.6) is 5.75 Å².